The highest BCUT2D eigenvalue weighted by atomic mass is 35.5. The Balaban J connectivity index is 1.78. The van der Waals surface area contributed by atoms with E-state index in [4.69, 9.17) is 23.2 Å². The zero-order chi connectivity index (χ0) is 23.7. The second kappa shape index (κ2) is 9.01. The van der Waals surface area contributed by atoms with Crippen LogP contribution in [0.1, 0.15) is 15.9 Å². The van der Waals surface area contributed by atoms with Crippen molar-refractivity contribution in [2.24, 2.45) is 0 Å². The highest BCUT2D eigenvalue weighted by molar-refractivity contribution is 7.92. The molecule has 5 nitrogen and oxygen atoms in total. The molecule has 3 aromatic rings. The van der Waals surface area contributed by atoms with Gasteiger partial charge in [0.05, 0.1) is 21.2 Å². The molecule has 0 saturated carbocycles. The predicted molar refractivity (Wildman–Crippen MR) is 118 cm³/mol. The Hall–Kier alpha value is -2.75. The maximum Gasteiger partial charge on any atom is 0.417 e. The fourth-order valence-corrected chi connectivity index (χ4v) is 4.30. The third kappa shape index (κ3) is 5.17. The Bertz CT molecular complexity index is 1250. The summed E-state index contributed by atoms with van der Waals surface area (Å²) in [6, 6.07) is 14.2. The number of hydrogen-bond acceptors (Lipinski definition) is 3. The maximum atomic E-state index is 13.0. The van der Waals surface area contributed by atoms with Crippen molar-refractivity contribution in [1.82, 2.24) is 0 Å². The molecular formula is C21H15Cl2F3N2O3S. The molecule has 0 spiro atoms. The molecule has 0 fully saturated rings. The van der Waals surface area contributed by atoms with E-state index in [-0.39, 0.29) is 21.8 Å². The minimum Gasteiger partial charge on any atom is -0.322 e. The predicted octanol–water partition coefficient (Wildman–Crippen LogP) is 6.09. The zero-order valence-corrected chi connectivity index (χ0v) is 18.6. The van der Waals surface area contributed by atoms with E-state index in [0.29, 0.717) is 5.02 Å². The molecule has 0 bridgehead atoms. The number of hydrogen-bond donors (Lipinski definition) is 1. The van der Waals surface area contributed by atoms with Gasteiger partial charge in [-0.25, -0.2) is 8.42 Å². The van der Waals surface area contributed by atoms with Crippen LogP contribution in [0.5, 0.6) is 0 Å². The quantitative estimate of drug-likeness (QED) is 0.459. The van der Waals surface area contributed by atoms with Crippen LogP contribution >= 0.6 is 23.2 Å². The van der Waals surface area contributed by atoms with Crippen molar-refractivity contribution >= 4 is 50.5 Å². The van der Waals surface area contributed by atoms with Gasteiger partial charge in [0.2, 0.25) is 0 Å². The number of rotatable bonds is 5. The summed E-state index contributed by atoms with van der Waals surface area (Å²) in [4.78, 5) is 12.5. The van der Waals surface area contributed by atoms with Crippen molar-refractivity contribution in [2.45, 2.75) is 11.1 Å². The molecule has 32 heavy (non-hydrogen) atoms. The zero-order valence-electron chi connectivity index (χ0n) is 16.3. The maximum absolute atomic E-state index is 13.0. The first kappa shape index (κ1) is 23.9. The third-order valence-electron chi connectivity index (χ3n) is 4.49. The van der Waals surface area contributed by atoms with Gasteiger partial charge in [0.15, 0.2) is 0 Å². The van der Waals surface area contributed by atoms with Gasteiger partial charge in [-0.15, -0.1) is 0 Å². The summed E-state index contributed by atoms with van der Waals surface area (Å²) in [5.74, 6) is -0.671. The molecule has 0 unspecified atom stereocenters. The van der Waals surface area contributed by atoms with Gasteiger partial charge < -0.3 is 5.32 Å². The van der Waals surface area contributed by atoms with Gasteiger partial charge in [0.25, 0.3) is 15.9 Å². The molecule has 0 saturated heterocycles. The van der Waals surface area contributed by atoms with Gasteiger partial charge >= 0.3 is 6.18 Å². The van der Waals surface area contributed by atoms with Crippen LogP contribution in [0.3, 0.4) is 0 Å². The van der Waals surface area contributed by atoms with Gasteiger partial charge in [-0.05, 0) is 66.7 Å². The molecule has 0 aliphatic carbocycles. The van der Waals surface area contributed by atoms with E-state index < -0.39 is 32.7 Å². The van der Waals surface area contributed by atoms with Crippen LogP contribution < -0.4 is 9.62 Å². The van der Waals surface area contributed by atoms with Crippen molar-refractivity contribution in [3.63, 3.8) is 0 Å². The molecule has 3 rings (SSSR count). The summed E-state index contributed by atoms with van der Waals surface area (Å²) < 4.78 is 65.5. The molecule has 0 aliphatic heterocycles. The van der Waals surface area contributed by atoms with Crippen LogP contribution in [0.15, 0.2) is 71.6 Å². The molecule has 0 aliphatic rings. The van der Waals surface area contributed by atoms with E-state index in [1.165, 1.54) is 61.6 Å². The molecule has 0 aromatic heterocycles. The number of carbonyl (C=O) groups excluding carboxylic acids is 1. The standard InChI is InChI=1S/C21H15Cl2F3N2O3S/c1-28(32(30,31)17-9-4-14(22)5-10-17)16-7-2-13(3-8-16)20(29)27-15-6-11-19(23)18(12-15)21(24,25)26/h2-12H,1H3,(H,27,29). The summed E-state index contributed by atoms with van der Waals surface area (Å²) in [5.41, 5.74) is -0.753. The van der Waals surface area contributed by atoms with E-state index in [2.05, 4.69) is 5.32 Å². The van der Waals surface area contributed by atoms with E-state index in [0.717, 1.165) is 16.4 Å². The number of halogens is 5. The van der Waals surface area contributed by atoms with E-state index in [1.54, 1.807) is 0 Å². The number of anilines is 2. The summed E-state index contributed by atoms with van der Waals surface area (Å²) in [6.45, 7) is 0. The molecule has 3 aromatic carbocycles. The van der Waals surface area contributed by atoms with Gasteiger partial charge in [-0.3, -0.25) is 9.10 Å². The van der Waals surface area contributed by atoms with Crippen LogP contribution in [-0.4, -0.2) is 21.4 Å². The van der Waals surface area contributed by atoms with Gasteiger partial charge in [-0.2, -0.15) is 13.2 Å². The Kier molecular flexibility index (Phi) is 6.73. The molecule has 0 atom stereocenters. The van der Waals surface area contributed by atoms with Gasteiger partial charge in [0, 0.05) is 23.3 Å². The minimum absolute atomic E-state index is 0.0365. The van der Waals surface area contributed by atoms with Crippen LogP contribution in [0.25, 0.3) is 0 Å². The lowest BCUT2D eigenvalue weighted by molar-refractivity contribution is -0.137. The smallest absolute Gasteiger partial charge is 0.322 e. The van der Waals surface area contributed by atoms with Crippen LogP contribution in [-0.2, 0) is 16.2 Å². The third-order valence-corrected chi connectivity index (χ3v) is 6.88. The monoisotopic (exact) mass is 502 g/mol. The molecule has 168 valence electrons. The Morgan fingerprint density at radius 3 is 2.09 bits per heavy atom. The summed E-state index contributed by atoms with van der Waals surface area (Å²) >= 11 is 11.4. The molecule has 1 amide bonds. The number of sulfonamides is 1. The Morgan fingerprint density at radius 1 is 0.938 bits per heavy atom. The Labute approximate surface area is 192 Å². The molecule has 1 N–H and O–H groups in total. The van der Waals surface area contributed by atoms with Gasteiger partial charge in [0.1, 0.15) is 0 Å². The number of amides is 1. The van der Waals surface area contributed by atoms with Gasteiger partial charge in [-0.1, -0.05) is 23.2 Å². The summed E-state index contributed by atoms with van der Waals surface area (Å²) in [5, 5.41) is 2.28. The summed E-state index contributed by atoms with van der Waals surface area (Å²) in [6.07, 6.45) is -4.67. The number of nitrogens with zero attached hydrogens (tertiary/aromatic N) is 1. The second-order valence-electron chi connectivity index (χ2n) is 6.62. The molecule has 0 heterocycles. The first-order chi connectivity index (χ1) is 14.9. The topological polar surface area (TPSA) is 66.5 Å². The fourth-order valence-electron chi connectivity index (χ4n) is 2.75. The summed E-state index contributed by atoms with van der Waals surface area (Å²) in [7, 11) is -2.51. The number of carbonyl (C=O) groups is 1. The number of alkyl halides is 3. The number of benzene rings is 3. The minimum atomic E-state index is -4.67. The lowest BCUT2D eigenvalue weighted by atomic mass is 10.1. The Morgan fingerprint density at radius 2 is 1.53 bits per heavy atom. The van der Waals surface area contributed by atoms with Crippen LogP contribution in [0.2, 0.25) is 10.0 Å². The first-order valence-electron chi connectivity index (χ1n) is 8.92. The van der Waals surface area contributed by atoms with Crippen molar-refractivity contribution in [2.75, 3.05) is 16.7 Å². The molecule has 0 radical (unpaired) electrons. The number of nitrogens with one attached hydrogen (secondary N) is 1. The second-order valence-corrected chi connectivity index (χ2v) is 9.43. The van der Waals surface area contributed by atoms with Crippen molar-refractivity contribution in [3.05, 3.63) is 87.9 Å². The largest absolute Gasteiger partial charge is 0.417 e. The lowest BCUT2D eigenvalue weighted by Gasteiger charge is -2.20. The van der Waals surface area contributed by atoms with E-state index in [1.807, 2.05) is 0 Å². The fraction of sp³-hybridized carbons (Fsp3) is 0.0952. The lowest BCUT2D eigenvalue weighted by Crippen LogP contribution is -2.26. The average molecular weight is 503 g/mol. The SMILES string of the molecule is CN(c1ccc(C(=O)Nc2ccc(Cl)c(C(F)(F)F)c2)cc1)S(=O)(=O)c1ccc(Cl)cc1. The van der Waals surface area contributed by atoms with Crippen molar-refractivity contribution in [1.29, 1.82) is 0 Å². The van der Waals surface area contributed by atoms with Crippen LogP contribution in [0, 0.1) is 0 Å². The van der Waals surface area contributed by atoms with E-state index >= 15 is 0 Å². The van der Waals surface area contributed by atoms with Crippen molar-refractivity contribution < 1.29 is 26.4 Å². The average Bonchev–Trinajstić information content (AvgIpc) is 2.74. The first-order valence-corrected chi connectivity index (χ1v) is 11.1. The molecular weight excluding hydrogens is 488 g/mol. The van der Waals surface area contributed by atoms with Crippen molar-refractivity contribution in [3.8, 4) is 0 Å². The van der Waals surface area contributed by atoms with E-state index in [9.17, 15) is 26.4 Å². The normalized spacial score (nSPS) is 11.8. The molecule has 11 heteroatoms. The van der Waals surface area contributed by atoms with Crippen LogP contribution in [0.4, 0.5) is 24.5 Å². The highest BCUT2D eigenvalue weighted by Crippen LogP contribution is 2.36. The highest BCUT2D eigenvalue weighted by Gasteiger charge is 2.33.